The van der Waals surface area contributed by atoms with Crippen LogP contribution in [0.2, 0.25) is 0 Å². The lowest BCUT2D eigenvalue weighted by Gasteiger charge is -2.31. The van der Waals surface area contributed by atoms with Crippen molar-refractivity contribution in [2.75, 3.05) is 0 Å². The quantitative estimate of drug-likeness (QED) is 0.684. The van der Waals surface area contributed by atoms with Gasteiger partial charge >= 0.3 is 6.03 Å². The standard InChI is InChI=1S/C13H18N2O3/c1-12(2)8-4-5-13(12,3)10(17)7(8)6-9(16)15-11(14)18/h6,8H,4-5H2,1-3H3,(H3,14,15,16,18)/b7-6+/t8-,13-/m1/s1. The van der Waals surface area contributed by atoms with E-state index in [0.29, 0.717) is 5.57 Å². The molecule has 2 fully saturated rings. The van der Waals surface area contributed by atoms with Gasteiger partial charge in [0.15, 0.2) is 5.78 Å². The average Bonchev–Trinajstić information content (AvgIpc) is 2.52. The number of nitrogens with two attached hydrogens (primary N) is 1. The second kappa shape index (κ2) is 3.67. The van der Waals surface area contributed by atoms with E-state index in [2.05, 4.69) is 13.8 Å². The molecule has 0 aromatic rings. The Hall–Kier alpha value is -1.65. The van der Waals surface area contributed by atoms with Crippen molar-refractivity contribution >= 4 is 17.7 Å². The highest BCUT2D eigenvalue weighted by Crippen LogP contribution is 2.65. The molecule has 0 aromatic carbocycles. The molecule has 5 nitrogen and oxygen atoms in total. The number of amides is 3. The Morgan fingerprint density at radius 2 is 2.00 bits per heavy atom. The maximum atomic E-state index is 12.4. The van der Waals surface area contributed by atoms with Gasteiger partial charge in [-0.3, -0.25) is 14.9 Å². The van der Waals surface area contributed by atoms with Gasteiger partial charge in [-0.1, -0.05) is 20.8 Å². The van der Waals surface area contributed by atoms with Crippen molar-refractivity contribution in [3.8, 4) is 0 Å². The summed E-state index contributed by atoms with van der Waals surface area (Å²) < 4.78 is 0. The Balaban J connectivity index is 2.33. The summed E-state index contributed by atoms with van der Waals surface area (Å²) in [5.41, 5.74) is 4.88. The number of ketones is 1. The van der Waals surface area contributed by atoms with E-state index in [-0.39, 0.29) is 17.1 Å². The van der Waals surface area contributed by atoms with Gasteiger partial charge in [-0.25, -0.2) is 4.79 Å². The molecule has 3 amide bonds. The Bertz CT molecular complexity index is 479. The Kier molecular flexibility index (Phi) is 2.61. The first-order chi connectivity index (χ1) is 8.20. The van der Waals surface area contributed by atoms with Crippen LogP contribution in [0.1, 0.15) is 33.6 Å². The highest BCUT2D eigenvalue weighted by atomic mass is 16.2. The third-order valence-corrected chi connectivity index (χ3v) is 4.90. The van der Waals surface area contributed by atoms with Crippen LogP contribution in [0.3, 0.4) is 0 Å². The highest BCUT2D eigenvalue weighted by molar-refractivity contribution is 6.10. The minimum atomic E-state index is -0.905. The third-order valence-electron chi connectivity index (χ3n) is 4.90. The predicted molar refractivity (Wildman–Crippen MR) is 65.4 cm³/mol. The lowest BCUT2D eigenvalue weighted by Crippen LogP contribution is -2.35. The molecule has 0 saturated heterocycles. The molecule has 2 bridgehead atoms. The molecular formula is C13H18N2O3. The number of carbonyl (C=O) groups excluding carboxylic acids is 3. The summed E-state index contributed by atoms with van der Waals surface area (Å²) in [7, 11) is 0. The van der Waals surface area contributed by atoms with Crippen LogP contribution in [0.25, 0.3) is 0 Å². The largest absolute Gasteiger partial charge is 0.351 e. The summed E-state index contributed by atoms with van der Waals surface area (Å²) >= 11 is 0. The average molecular weight is 250 g/mol. The Labute approximate surface area is 106 Å². The molecule has 5 heteroatoms. The summed E-state index contributed by atoms with van der Waals surface area (Å²) in [5, 5.41) is 1.96. The molecule has 0 aromatic heterocycles. The van der Waals surface area contributed by atoms with Crippen LogP contribution >= 0.6 is 0 Å². The van der Waals surface area contributed by atoms with E-state index in [9.17, 15) is 14.4 Å². The van der Waals surface area contributed by atoms with Gasteiger partial charge in [0.05, 0.1) is 0 Å². The topological polar surface area (TPSA) is 89.3 Å². The smallest absolute Gasteiger partial charge is 0.319 e. The molecule has 2 aliphatic carbocycles. The number of rotatable bonds is 1. The van der Waals surface area contributed by atoms with Gasteiger partial charge in [0.25, 0.3) is 5.91 Å². The number of urea groups is 1. The second-order valence-electron chi connectivity index (χ2n) is 5.93. The number of carbonyl (C=O) groups is 3. The fourth-order valence-electron chi connectivity index (χ4n) is 3.39. The number of primary amides is 1. The summed E-state index contributed by atoms with van der Waals surface area (Å²) in [6, 6.07) is -0.905. The lowest BCUT2D eigenvalue weighted by atomic mass is 9.70. The predicted octanol–water partition coefficient (Wildman–Crippen LogP) is 1.13. The van der Waals surface area contributed by atoms with Crippen LogP contribution in [0.15, 0.2) is 11.6 Å². The molecule has 18 heavy (non-hydrogen) atoms. The fraction of sp³-hybridized carbons (Fsp3) is 0.615. The monoisotopic (exact) mass is 250 g/mol. The van der Waals surface area contributed by atoms with Crippen LogP contribution in [0.4, 0.5) is 4.79 Å². The Morgan fingerprint density at radius 1 is 1.39 bits per heavy atom. The number of Topliss-reactive ketones (excluding diaryl/α,β-unsaturated/α-hetero) is 1. The molecule has 0 aliphatic heterocycles. The fourth-order valence-corrected chi connectivity index (χ4v) is 3.39. The molecule has 0 heterocycles. The molecular weight excluding hydrogens is 232 g/mol. The highest BCUT2D eigenvalue weighted by Gasteiger charge is 2.63. The van der Waals surface area contributed by atoms with E-state index >= 15 is 0 Å². The van der Waals surface area contributed by atoms with Crippen LogP contribution in [-0.2, 0) is 9.59 Å². The van der Waals surface area contributed by atoms with E-state index in [0.717, 1.165) is 12.8 Å². The van der Waals surface area contributed by atoms with Gasteiger partial charge < -0.3 is 5.73 Å². The normalized spacial score (nSPS) is 34.9. The molecule has 98 valence electrons. The zero-order valence-corrected chi connectivity index (χ0v) is 10.9. The summed E-state index contributed by atoms with van der Waals surface area (Å²) in [5.74, 6) is -0.491. The van der Waals surface area contributed by atoms with Gasteiger partial charge in [-0.2, -0.15) is 0 Å². The van der Waals surface area contributed by atoms with E-state index < -0.39 is 17.4 Å². The summed E-state index contributed by atoms with van der Waals surface area (Å²) in [6.45, 7) is 6.09. The summed E-state index contributed by atoms with van der Waals surface area (Å²) in [6.07, 6.45) is 3.01. The van der Waals surface area contributed by atoms with Crippen molar-refractivity contribution in [2.24, 2.45) is 22.5 Å². The zero-order chi connectivity index (χ0) is 13.7. The van der Waals surface area contributed by atoms with Crippen molar-refractivity contribution in [3.63, 3.8) is 0 Å². The van der Waals surface area contributed by atoms with E-state index in [1.54, 1.807) is 0 Å². The molecule has 3 N–H and O–H groups in total. The molecule has 2 atom stereocenters. The van der Waals surface area contributed by atoms with E-state index in [1.807, 2.05) is 12.2 Å². The maximum absolute atomic E-state index is 12.4. The van der Waals surface area contributed by atoms with Crippen LogP contribution in [-0.4, -0.2) is 17.7 Å². The minimum Gasteiger partial charge on any atom is -0.351 e. The molecule has 0 unspecified atom stereocenters. The first-order valence-corrected chi connectivity index (χ1v) is 6.07. The second-order valence-corrected chi connectivity index (χ2v) is 5.93. The first-order valence-electron chi connectivity index (χ1n) is 6.07. The van der Waals surface area contributed by atoms with Crippen LogP contribution in [0, 0.1) is 16.7 Å². The molecule has 0 radical (unpaired) electrons. The SMILES string of the molecule is CC1(C)[C@@H]2CC[C@]1(C)C(=O)/C2=C/C(=O)NC(N)=O. The van der Waals surface area contributed by atoms with E-state index in [4.69, 9.17) is 5.73 Å². The number of hydrogen-bond acceptors (Lipinski definition) is 3. The van der Waals surface area contributed by atoms with Crippen LogP contribution < -0.4 is 11.1 Å². The van der Waals surface area contributed by atoms with Gasteiger partial charge in [-0.05, 0) is 24.2 Å². The maximum Gasteiger partial charge on any atom is 0.319 e. The van der Waals surface area contributed by atoms with Crippen molar-refractivity contribution in [2.45, 2.75) is 33.6 Å². The van der Waals surface area contributed by atoms with Gasteiger partial charge in [0, 0.05) is 17.1 Å². The number of hydrogen-bond donors (Lipinski definition) is 2. The van der Waals surface area contributed by atoms with Gasteiger partial charge in [0.1, 0.15) is 0 Å². The van der Waals surface area contributed by atoms with Crippen molar-refractivity contribution in [3.05, 3.63) is 11.6 Å². The molecule has 0 spiro atoms. The van der Waals surface area contributed by atoms with Gasteiger partial charge in [0.2, 0.25) is 0 Å². The van der Waals surface area contributed by atoms with Crippen molar-refractivity contribution in [1.82, 2.24) is 5.32 Å². The number of nitrogens with one attached hydrogen (secondary N) is 1. The minimum absolute atomic E-state index is 0.0309. The lowest BCUT2D eigenvalue weighted by molar-refractivity contribution is -0.125. The summed E-state index contributed by atoms with van der Waals surface area (Å²) in [4.78, 5) is 34.5. The van der Waals surface area contributed by atoms with Crippen molar-refractivity contribution in [1.29, 1.82) is 0 Å². The molecule has 2 saturated carbocycles. The number of imide groups is 1. The number of allylic oxidation sites excluding steroid dienone is 1. The third kappa shape index (κ3) is 1.50. The zero-order valence-electron chi connectivity index (χ0n) is 10.9. The molecule has 2 rings (SSSR count). The first kappa shape index (κ1) is 12.8. The van der Waals surface area contributed by atoms with E-state index in [1.165, 1.54) is 6.08 Å². The van der Waals surface area contributed by atoms with Crippen molar-refractivity contribution < 1.29 is 14.4 Å². The van der Waals surface area contributed by atoms with Gasteiger partial charge in [-0.15, -0.1) is 0 Å². The van der Waals surface area contributed by atoms with Crippen LogP contribution in [0.5, 0.6) is 0 Å². The Morgan fingerprint density at radius 3 is 2.44 bits per heavy atom. The number of fused-ring (bicyclic) bond motifs is 2. The molecule has 2 aliphatic rings.